The zero-order valence-electron chi connectivity index (χ0n) is 5.81. The second-order valence-corrected chi connectivity index (χ2v) is 3.76. The maximum absolute atomic E-state index is 5.37. The van der Waals surface area contributed by atoms with Crippen LogP contribution >= 0.6 is 11.8 Å². The molecule has 1 aliphatic rings. The molecule has 54 valence electrons. The van der Waals surface area contributed by atoms with Crippen molar-refractivity contribution in [1.82, 2.24) is 0 Å². The lowest BCUT2D eigenvalue weighted by atomic mass is 10.1. The molecule has 1 aliphatic heterocycles. The van der Waals surface area contributed by atoms with Crippen LogP contribution in [-0.2, 0) is 0 Å². The van der Waals surface area contributed by atoms with Crippen LogP contribution < -0.4 is 5.73 Å². The highest BCUT2D eigenvalue weighted by Gasteiger charge is 2.16. The standard InChI is InChI=1S/C7H15NS/c8-4-2-1-3-7-5-9-6-7/h7H,1-6,8H2. The van der Waals surface area contributed by atoms with Crippen LogP contribution in [0, 0.1) is 5.92 Å². The first-order valence-electron chi connectivity index (χ1n) is 3.71. The predicted molar refractivity (Wildman–Crippen MR) is 43.7 cm³/mol. The van der Waals surface area contributed by atoms with Crippen LogP contribution in [0.25, 0.3) is 0 Å². The highest BCUT2D eigenvalue weighted by atomic mass is 32.2. The number of unbranched alkanes of at least 4 members (excludes halogenated alkanes) is 1. The fourth-order valence-corrected chi connectivity index (χ4v) is 1.93. The summed E-state index contributed by atoms with van der Waals surface area (Å²) in [5.74, 6) is 3.86. The van der Waals surface area contributed by atoms with Crippen LogP contribution in [0.4, 0.5) is 0 Å². The molecule has 0 bridgehead atoms. The van der Waals surface area contributed by atoms with Gasteiger partial charge in [0.05, 0.1) is 0 Å². The van der Waals surface area contributed by atoms with Crippen molar-refractivity contribution in [3.8, 4) is 0 Å². The second kappa shape index (κ2) is 4.18. The Kier molecular flexibility index (Phi) is 3.44. The van der Waals surface area contributed by atoms with Crippen LogP contribution in [0.15, 0.2) is 0 Å². The molecular weight excluding hydrogens is 130 g/mol. The minimum atomic E-state index is 0.875. The first-order chi connectivity index (χ1) is 4.43. The molecule has 0 aliphatic carbocycles. The number of hydrogen-bond acceptors (Lipinski definition) is 2. The zero-order valence-corrected chi connectivity index (χ0v) is 6.62. The van der Waals surface area contributed by atoms with Gasteiger partial charge in [0.2, 0.25) is 0 Å². The van der Waals surface area contributed by atoms with E-state index in [0.29, 0.717) is 0 Å². The van der Waals surface area contributed by atoms with E-state index in [9.17, 15) is 0 Å². The van der Waals surface area contributed by atoms with Gasteiger partial charge >= 0.3 is 0 Å². The maximum atomic E-state index is 5.37. The van der Waals surface area contributed by atoms with Gasteiger partial charge in [-0.05, 0) is 36.8 Å². The molecule has 2 heteroatoms. The van der Waals surface area contributed by atoms with Crippen LogP contribution in [0.5, 0.6) is 0 Å². The Balaban J connectivity index is 1.80. The Morgan fingerprint density at radius 3 is 2.56 bits per heavy atom. The molecule has 1 heterocycles. The van der Waals surface area contributed by atoms with Gasteiger partial charge < -0.3 is 5.73 Å². The molecule has 0 aromatic carbocycles. The Morgan fingerprint density at radius 1 is 1.33 bits per heavy atom. The molecule has 1 rings (SSSR count). The smallest absolute Gasteiger partial charge is 0.00311 e. The van der Waals surface area contributed by atoms with Crippen molar-refractivity contribution < 1.29 is 0 Å². The first kappa shape index (κ1) is 7.42. The minimum Gasteiger partial charge on any atom is -0.330 e. The first-order valence-corrected chi connectivity index (χ1v) is 4.87. The molecule has 2 N–H and O–H groups in total. The minimum absolute atomic E-state index is 0.875. The molecule has 1 nitrogen and oxygen atoms in total. The number of nitrogens with two attached hydrogens (primary N) is 1. The van der Waals surface area contributed by atoms with Gasteiger partial charge in [0, 0.05) is 0 Å². The number of hydrogen-bond donors (Lipinski definition) is 1. The zero-order chi connectivity index (χ0) is 6.53. The summed E-state index contributed by atoms with van der Waals surface area (Å²) in [6.45, 7) is 0.875. The molecule has 0 saturated carbocycles. The molecule has 0 aromatic rings. The van der Waals surface area contributed by atoms with E-state index in [4.69, 9.17) is 5.73 Å². The van der Waals surface area contributed by atoms with Crippen LogP contribution in [0.1, 0.15) is 19.3 Å². The molecule has 0 atom stereocenters. The van der Waals surface area contributed by atoms with Crippen molar-refractivity contribution in [3.63, 3.8) is 0 Å². The van der Waals surface area contributed by atoms with Gasteiger partial charge in [0.15, 0.2) is 0 Å². The van der Waals surface area contributed by atoms with Crippen LogP contribution in [0.2, 0.25) is 0 Å². The van der Waals surface area contributed by atoms with Crippen LogP contribution in [-0.4, -0.2) is 18.1 Å². The molecule has 0 spiro atoms. The summed E-state index contributed by atoms with van der Waals surface area (Å²) in [6.07, 6.45) is 3.99. The number of rotatable bonds is 4. The van der Waals surface area contributed by atoms with Crippen molar-refractivity contribution in [2.45, 2.75) is 19.3 Å². The number of thioether (sulfide) groups is 1. The van der Waals surface area contributed by atoms with E-state index in [1.165, 1.54) is 30.8 Å². The summed E-state index contributed by atoms with van der Waals surface area (Å²) in [4.78, 5) is 0. The lowest BCUT2D eigenvalue weighted by molar-refractivity contribution is 0.536. The second-order valence-electron chi connectivity index (χ2n) is 2.69. The molecule has 0 amide bonds. The van der Waals surface area contributed by atoms with Crippen molar-refractivity contribution in [3.05, 3.63) is 0 Å². The SMILES string of the molecule is NCCCCC1CSC1. The third kappa shape index (κ3) is 2.59. The van der Waals surface area contributed by atoms with Gasteiger partial charge in [-0.2, -0.15) is 11.8 Å². The topological polar surface area (TPSA) is 26.0 Å². The van der Waals surface area contributed by atoms with E-state index in [2.05, 4.69) is 11.8 Å². The largest absolute Gasteiger partial charge is 0.330 e. The van der Waals surface area contributed by atoms with Crippen molar-refractivity contribution in [2.75, 3.05) is 18.1 Å². The summed E-state index contributed by atoms with van der Waals surface area (Å²) in [5.41, 5.74) is 5.37. The van der Waals surface area contributed by atoms with E-state index >= 15 is 0 Å². The van der Waals surface area contributed by atoms with Gasteiger partial charge in [0.25, 0.3) is 0 Å². The maximum Gasteiger partial charge on any atom is -0.00311 e. The van der Waals surface area contributed by atoms with Crippen LogP contribution in [0.3, 0.4) is 0 Å². The molecule has 0 unspecified atom stereocenters. The van der Waals surface area contributed by atoms with E-state index in [1.807, 2.05) is 0 Å². The van der Waals surface area contributed by atoms with E-state index in [0.717, 1.165) is 12.5 Å². The highest BCUT2D eigenvalue weighted by molar-refractivity contribution is 8.00. The van der Waals surface area contributed by atoms with Gasteiger partial charge in [0.1, 0.15) is 0 Å². The molecule has 1 fully saturated rings. The van der Waals surface area contributed by atoms with Gasteiger partial charge in [-0.1, -0.05) is 6.42 Å². The normalized spacial score (nSPS) is 19.7. The molecular formula is C7H15NS. The fraction of sp³-hybridized carbons (Fsp3) is 1.00. The lowest BCUT2D eigenvalue weighted by Crippen LogP contribution is -2.17. The van der Waals surface area contributed by atoms with E-state index < -0.39 is 0 Å². The van der Waals surface area contributed by atoms with Gasteiger partial charge in [-0.3, -0.25) is 0 Å². The monoisotopic (exact) mass is 145 g/mol. The quantitative estimate of drug-likeness (QED) is 0.606. The van der Waals surface area contributed by atoms with Crippen molar-refractivity contribution in [1.29, 1.82) is 0 Å². The summed E-state index contributed by atoms with van der Waals surface area (Å²) >= 11 is 2.07. The lowest BCUT2D eigenvalue weighted by Gasteiger charge is -2.24. The Bertz CT molecular complexity index is 71.3. The van der Waals surface area contributed by atoms with Crippen molar-refractivity contribution >= 4 is 11.8 Å². The highest BCUT2D eigenvalue weighted by Crippen LogP contribution is 2.28. The average Bonchev–Trinajstić information content (AvgIpc) is 1.76. The Hall–Kier alpha value is 0.310. The third-order valence-corrected chi connectivity index (χ3v) is 3.19. The summed E-state index contributed by atoms with van der Waals surface area (Å²) in [7, 11) is 0. The Morgan fingerprint density at radius 2 is 2.11 bits per heavy atom. The van der Waals surface area contributed by atoms with Gasteiger partial charge in [-0.15, -0.1) is 0 Å². The van der Waals surface area contributed by atoms with Crippen molar-refractivity contribution in [2.24, 2.45) is 11.7 Å². The summed E-state index contributed by atoms with van der Waals surface area (Å²) in [5, 5.41) is 0. The Labute approximate surface area is 61.4 Å². The average molecular weight is 145 g/mol. The van der Waals surface area contributed by atoms with E-state index in [-0.39, 0.29) is 0 Å². The third-order valence-electron chi connectivity index (χ3n) is 1.77. The molecule has 1 saturated heterocycles. The summed E-state index contributed by atoms with van der Waals surface area (Å²) < 4.78 is 0. The fourth-order valence-electron chi connectivity index (χ4n) is 1.03. The molecule has 9 heavy (non-hydrogen) atoms. The molecule has 0 aromatic heterocycles. The van der Waals surface area contributed by atoms with E-state index in [1.54, 1.807) is 0 Å². The van der Waals surface area contributed by atoms with Gasteiger partial charge in [-0.25, -0.2) is 0 Å². The predicted octanol–water partition coefficient (Wildman–Crippen LogP) is 1.48. The molecule has 0 radical (unpaired) electrons. The summed E-state index contributed by atoms with van der Waals surface area (Å²) in [6, 6.07) is 0.